The molecule has 0 aliphatic heterocycles. The molecule has 5 heteroatoms. The predicted molar refractivity (Wildman–Crippen MR) is 57.5 cm³/mol. The predicted octanol–water partition coefficient (Wildman–Crippen LogP) is 2.33. The molecule has 2 rings (SSSR count). The van der Waals surface area contributed by atoms with E-state index in [0.29, 0.717) is 12.2 Å². The maximum absolute atomic E-state index is 5.12. The van der Waals surface area contributed by atoms with Crippen LogP contribution in [0.3, 0.4) is 0 Å². The summed E-state index contributed by atoms with van der Waals surface area (Å²) in [6.45, 7) is 0. The molecule has 0 fully saturated rings. The van der Waals surface area contributed by atoms with Gasteiger partial charge < -0.3 is 9.26 Å². The molecule has 0 amide bonds. The van der Waals surface area contributed by atoms with Gasteiger partial charge in [-0.3, -0.25) is 0 Å². The van der Waals surface area contributed by atoms with Crippen LogP contribution in [-0.2, 0) is 6.42 Å². The Morgan fingerprint density at radius 2 is 2.40 bits per heavy atom. The number of rotatable bonds is 3. The molecular formula is C10H10N2O2S. The van der Waals surface area contributed by atoms with Crippen molar-refractivity contribution in [1.82, 2.24) is 10.1 Å². The molecule has 15 heavy (non-hydrogen) atoms. The van der Waals surface area contributed by atoms with Gasteiger partial charge in [0.1, 0.15) is 11.6 Å². The summed E-state index contributed by atoms with van der Waals surface area (Å²) < 4.78 is 9.96. The first-order valence-corrected chi connectivity index (χ1v) is 4.86. The lowest BCUT2D eigenvalue weighted by Crippen LogP contribution is -1.91. The van der Waals surface area contributed by atoms with E-state index in [2.05, 4.69) is 10.1 Å². The average molecular weight is 222 g/mol. The third kappa shape index (κ3) is 2.44. The van der Waals surface area contributed by atoms with Gasteiger partial charge in [-0.05, 0) is 29.9 Å². The highest BCUT2D eigenvalue weighted by Gasteiger charge is 2.01. The Morgan fingerprint density at radius 3 is 3.07 bits per heavy atom. The molecule has 0 spiro atoms. The molecule has 4 nitrogen and oxygen atoms in total. The number of H-pyrrole nitrogens is 1. The molecule has 0 saturated carbocycles. The minimum Gasteiger partial charge on any atom is -0.497 e. The number of nitrogens with zero attached hydrogens (tertiary/aromatic N) is 1. The van der Waals surface area contributed by atoms with Gasteiger partial charge in [-0.25, -0.2) is 5.16 Å². The van der Waals surface area contributed by atoms with Gasteiger partial charge in [-0.2, -0.15) is 4.98 Å². The number of benzene rings is 1. The minimum absolute atomic E-state index is 0.230. The Morgan fingerprint density at radius 1 is 1.53 bits per heavy atom. The molecule has 78 valence electrons. The van der Waals surface area contributed by atoms with Crippen molar-refractivity contribution in [3.05, 3.63) is 40.5 Å². The second-order valence-electron chi connectivity index (χ2n) is 3.06. The van der Waals surface area contributed by atoms with Crippen LogP contribution in [0.4, 0.5) is 0 Å². The summed E-state index contributed by atoms with van der Waals surface area (Å²) in [5.74, 6) is 1.54. The molecule has 0 atom stereocenters. The molecular weight excluding hydrogens is 212 g/mol. The summed E-state index contributed by atoms with van der Waals surface area (Å²) in [5, 5.41) is 2.66. The van der Waals surface area contributed by atoms with E-state index < -0.39 is 0 Å². The van der Waals surface area contributed by atoms with Crippen molar-refractivity contribution in [3.63, 3.8) is 0 Å². The zero-order chi connectivity index (χ0) is 10.7. The zero-order valence-electron chi connectivity index (χ0n) is 8.19. The highest BCUT2D eigenvalue weighted by atomic mass is 32.1. The monoisotopic (exact) mass is 222 g/mol. The van der Waals surface area contributed by atoms with Crippen LogP contribution in [0.25, 0.3) is 0 Å². The molecule has 0 radical (unpaired) electrons. The van der Waals surface area contributed by atoms with Gasteiger partial charge in [-0.1, -0.05) is 12.1 Å². The fourth-order valence-corrected chi connectivity index (χ4v) is 1.46. The van der Waals surface area contributed by atoms with Crippen LogP contribution in [-0.4, -0.2) is 17.3 Å². The number of nitrogens with one attached hydrogen (secondary N) is 1. The fraction of sp³-hybridized carbons (Fsp3) is 0.200. The molecule has 0 unspecified atom stereocenters. The van der Waals surface area contributed by atoms with Gasteiger partial charge in [0, 0.05) is 6.42 Å². The summed E-state index contributed by atoms with van der Waals surface area (Å²) in [5.41, 5.74) is 1.09. The zero-order valence-corrected chi connectivity index (χ0v) is 9.00. The summed E-state index contributed by atoms with van der Waals surface area (Å²) in [6, 6.07) is 7.77. The van der Waals surface area contributed by atoms with Gasteiger partial charge >= 0.3 is 4.84 Å². The van der Waals surface area contributed by atoms with Gasteiger partial charge in [0.15, 0.2) is 0 Å². The van der Waals surface area contributed by atoms with Crippen LogP contribution < -0.4 is 4.74 Å². The number of hydrogen-bond donors (Lipinski definition) is 1. The second-order valence-corrected chi connectivity index (χ2v) is 3.41. The molecule has 1 N–H and O–H groups in total. The smallest absolute Gasteiger partial charge is 0.314 e. The quantitative estimate of drug-likeness (QED) is 0.810. The fourth-order valence-electron chi connectivity index (χ4n) is 1.31. The largest absolute Gasteiger partial charge is 0.497 e. The van der Waals surface area contributed by atoms with Crippen molar-refractivity contribution >= 4 is 12.2 Å². The van der Waals surface area contributed by atoms with Crippen LogP contribution in [0.15, 0.2) is 28.8 Å². The molecule has 1 heterocycles. The SMILES string of the molecule is COc1cccc(Cc2nc(=S)o[nH]2)c1. The Hall–Kier alpha value is -1.62. The molecule has 2 aromatic rings. The summed E-state index contributed by atoms with van der Waals surface area (Å²) >= 11 is 4.76. The number of aromatic nitrogens is 2. The van der Waals surface area contributed by atoms with E-state index in [4.69, 9.17) is 21.5 Å². The lowest BCUT2D eigenvalue weighted by Gasteiger charge is -2.01. The van der Waals surface area contributed by atoms with E-state index in [9.17, 15) is 0 Å². The number of ether oxygens (including phenoxy) is 1. The Bertz CT molecular complexity index is 504. The third-order valence-electron chi connectivity index (χ3n) is 1.99. The highest BCUT2D eigenvalue weighted by Crippen LogP contribution is 2.14. The molecule has 1 aromatic carbocycles. The second kappa shape index (κ2) is 4.27. The minimum atomic E-state index is 0.230. The van der Waals surface area contributed by atoms with Crippen molar-refractivity contribution in [2.45, 2.75) is 6.42 Å². The summed E-state index contributed by atoms with van der Waals surface area (Å²) in [7, 11) is 1.64. The van der Waals surface area contributed by atoms with Crippen molar-refractivity contribution in [3.8, 4) is 5.75 Å². The van der Waals surface area contributed by atoms with Gasteiger partial charge in [-0.15, -0.1) is 0 Å². The van der Waals surface area contributed by atoms with E-state index in [1.54, 1.807) is 7.11 Å². The summed E-state index contributed by atoms with van der Waals surface area (Å²) in [4.78, 5) is 4.24. The number of aromatic amines is 1. The summed E-state index contributed by atoms with van der Waals surface area (Å²) in [6.07, 6.45) is 0.650. The van der Waals surface area contributed by atoms with Gasteiger partial charge in [0.25, 0.3) is 0 Å². The van der Waals surface area contributed by atoms with Crippen LogP contribution in [0.1, 0.15) is 11.4 Å². The molecule has 1 aromatic heterocycles. The number of methoxy groups -OCH3 is 1. The Kier molecular flexibility index (Phi) is 2.82. The van der Waals surface area contributed by atoms with Gasteiger partial charge in [0.2, 0.25) is 0 Å². The normalized spacial score (nSPS) is 10.2. The topological polar surface area (TPSA) is 51.1 Å². The van der Waals surface area contributed by atoms with Crippen molar-refractivity contribution in [2.24, 2.45) is 0 Å². The highest BCUT2D eigenvalue weighted by molar-refractivity contribution is 7.71. The van der Waals surface area contributed by atoms with Crippen LogP contribution >= 0.6 is 12.2 Å². The molecule has 0 bridgehead atoms. The molecule has 0 saturated heterocycles. The van der Waals surface area contributed by atoms with Crippen molar-refractivity contribution < 1.29 is 9.26 Å². The molecule has 0 aliphatic rings. The standard InChI is InChI=1S/C10H10N2O2S/c1-13-8-4-2-3-7(5-8)6-9-11-10(15)14-12-9/h2-5H,6H2,1H3,(H,11,12,15). The van der Waals surface area contributed by atoms with Crippen LogP contribution in [0.5, 0.6) is 5.75 Å². The average Bonchev–Trinajstić information content (AvgIpc) is 2.64. The van der Waals surface area contributed by atoms with E-state index in [1.165, 1.54) is 0 Å². The van der Waals surface area contributed by atoms with E-state index >= 15 is 0 Å². The van der Waals surface area contributed by atoms with E-state index in [0.717, 1.165) is 11.3 Å². The first-order valence-electron chi connectivity index (χ1n) is 4.45. The Labute approximate surface area is 91.9 Å². The number of hydrogen-bond acceptors (Lipinski definition) is 4. The van der Waals surface area contributed by atoms with Crippen molar-refractivity contribution in [2.75, 3.05) is 7.11 Å². The third-order valence-corrected chi connectivity index (χ3v) is 2.16. The first-order chi connectivity index (χ1) is 7.28. The first kappa shape index (κ1) is 9.92. The van der Waals surface area contributed by atoms with Crippen LogP contribution in [0, 0.1) is 4.84 Å². The van der Waals surface area contributed by atoms with Crippen molar-refractivity contribution in [1.29, 1.82) is 0 Å². The van der Waals surface area contributed by atoms with E-state index in [1.807, 2.05) is 24.3 Å². The Balaban J connectivity index is 2.20. The van der Waals surface area contributed by atoms with Crippen LogP contribution in [0.2, 0.25) is 0 Å². The van der Waals surface area contributed by atoms with E-state index in [-0.39, 0.29) is 4.84 Å². The van der Waals surface area contributed by atoms with Gasteiger partial charge in [0.05, 0.1) is 7.11 Å². The molecule has 0 aliphatic carbocycles. The lowest BCUT2D eigenvalue weighted by atomic mass is 10.1. The maximum Gasteiger partial charge on any atom is 0.314 e. The lowest BCUT2D eigenvalue weighted by molar-refractivity contribution is 0.399. The maximum atomic E-state index is 5.12.